The normalized spacial score (nSPS) is 10.9. The van der Waals surface area contributed by atoms with Crippen molar-refractivity contribution in [2.45, 2.75) is 39.5 Å². The van der Waals surface area contributed by atoms with Crippen molar-refractivity contribution in [2.24, 2.45) is 0 Å². The van der Waals surface area contributed by atoms with E-state index in [1.807, 2.05) is 48.5 Å². The van der Waals surface area contributed by atoms with Gasteiger partial charge in [-0.3, -0.25) is 0 Å². The molecule has 0 unspecified atom stereocenters. The first-order valence-corrected chi connectivity index (χ1v) is 8.89. The monoisotopic (exact) mass is 348 g/mol. The summed E-state index contributed by atoms with van der Waals surface area (Å²) < 4.78 is 27.6. The molecule has 0 heterocycles. The molecule has 0 amide bonds. The van der Waals surface area contributed by atoms with Crippen LogP contribution in [0.3, 0.4) is 0 Å². The maximum atomic E-state index is 13.8. The first kappa shape index (κ1) is 19.5. The van der Waals surface area contributed by atoms with Gasteiger partial charge in [0.1, 0.15) is 0 Å². The van der Waals surface area contributed by atoms with Crippen LogP contribution in [0.25, 0.3) is 0 Å². The molecule has 0 fully saturated rings. The quantitative estimate of drug-likeness (QED) is 0.582. The van der Waals surface area contributed by atoms with Gasteiger partial charge in [0.05, 0.1) is 0 Å². The van der Waals surface area contributed by atoms with Gasteiger partial charge in [-0.15, -0.1) is 0 Å². The van der Waals surface area contributed by atoms with E-state index >= 15 is 0 Å². The molecular weight excluding hydrogens is 326 g/mol. The smallest absolute Gasteiger partial charge is 0.193 e. The molecule has 0 bridgehead atoms. The number of hydrogen-bond acceptors (Lipinski definition) is 0. The number of hydrogen-bond donors (Lipinski definition) is 0. The van der Waals surface area contributed by atoms with Crippen molar-refractivity contribution in [2.75, 3.05) is 0 Å². The Morgan fingerprint density at radius 3 is 1.31 bits per heavy atom. The zero-order valence-corrected chi connectivity index (χ0v) is 15.2. The van der Waals surface area contributed by atoms with E-state index in [2.05, 4.69) is 37.5 Å². The summed E-state index contributed by atoms with van der Waals surface area (Å²) in [5, 5.41) is 0. The van der Waals surface area contributed by atoms with Crippen molar-refractivity contribution >= 4 is 0 Å². The van der Waals surface area contributed by atoms with Crippen molar-refractivity contribution in [1.82, 2.24) is 0 Å². The zero-order valence-electron chi connectivity index (χ0n) is 15.2. The minimum Gasteiger partial charge on any atom is -0.193 e. The van der Waals surface area contributed by atoms with Crippen LogP contribution < -0.4 is 0 Å². The molecule has 2 aromatic carbocycles. The van der Waals surface area contributed by atoms with E-state index in [9.17, 15) is 8.78 Å². The lowest BCUT2D eigenvalue weighted by molar-refractivity contribution is 0.584. The fraction of sp³-hybridized carbons (Fsp3) is 0.250. The number of benzene rings is 2. The maximum Gasteiger partial charge on any atom is 0.217 e. The van der Waals surface area contributed by atoms with E-state index in [1.54, 1.807) is 0 Å². The topological polar surface area (TPSA) is 0 Å². The van der Waals surface area contributed by atoms with Crippen molar-refractivity contribution in [3.63, 3.8) is 0 Å². The van der Waals surface area contributed by atoms with Gasteiger partial charge in [0.25, 0.3) is 0 Å². The molecule has 2 aromatic rings. The molecule has 0 saturated heterocycles. The molecule has 0 aromatic heterocycles. The SMILES string of the molecule is CCCc1ccc(C#CC(F)=C(F)C#Cc2ccc(CCC)cc2)cc1. The predicted molar refractivity (Wildman–Crippen MR) is 104 cm³/mol. The highest BCUT2D eigenvalue weighted by Crippen LogP contribution is 2.10. The lowest BCUT2D eigenvalue weighted by atomic mass is 10.1. The number of allylic oxidation sites excluding steroid dienone is 2. The summed E-state index contributed by atoms with van der Waals surface area (Å²) in [6, 6.07) is 15.1. The van der Waals surface area contributed by atoms with Crippen LogP contribution in [0.1, 0.15) is 48.9 Å². The highest BCUT2D eigenvalue weighted by molar-refractivity contribution is 5.45. The Morgan fingerprint density at radius 1 is 0.654 bits per heavy atom. The Morgan fingerprint density at radius 2 is 1.00 bits per heavy atom. The molecule has 132 valence electrons. The Bertz CT molecular complexity index is 789. The summed E-state index contributed by atoms with van der Waals surface area (Å²) in [6.07, 6.45) is 4.11. The van der Waals surface area contributed by atoms with E-state index in [0.717, 1.165) is 25.7 Å². The van der Waals surface area contributed by atoms with Crippen LogP contribution in [0, 0.1) is 23.7 Å². The van der Waals surface area contributed by atoms with Gasteiger partial charge in [-0.25, -0.2) is 0 Å². The Balaban J connectivity index is 2.08. The second-order valence-corrected chi connectivity index (χ2v) is 6.02. The molecule has 2 rings (SSSR count). The molecule has 0 N–H and O–H groups in total. The average molecular weight is 348 g/mol. The van der Waals surface area contributed by atoms with E-state index in [4.69, 9.17) is 0 Å². The number of rotatable bonds is 4. The van der Waals surface area contributed by atoms with E-state index < -0.39 is 11.7 Å². The number of halogens is 2. The van der Waals surface area contributed by atoms with Gasteiger partial charge in [0, 0.05) is 11.1 Å². The minimum atomic E-state index is -1.14. The molecule has 26 heavy (non-hydrogen) atoms. The molecule has 0 aliphatic carbocycles. The highest BCUT2D eigenvalue weighted by Gasteiger charge is 1.99. The van der Waals surface area contributed by atoms with Gasteiger partial charge in [-0.1, -0.05) is 62.8 Å². The van der Waals surface area contributed by atoms with Crippen LogP contribution >= 0.6 is 0 Å². The van der Waals surface area contributed by atoms with Gasteiger partial charge in [-0.2, -0.15) is 8.78 Å². The molecule has 2 heteroatoms. The third kappa shape index (κ3) is 6.23. The van der Waals surface area contributed by atoms with Crippen molar-refractivity contribution in [3.8, 4) is 23.7 Å². The van der Waals surface area contributed by atoms with Gasteiger partial charge >= 0.3 is 0 Å². The first-order valence-electron chi connectivity index (χ1n) is 8.89. The summed E-state index contributed by atoms with van der Waals surface area (Å²) >= 11 is 0. The third-order valence-electron chi connectivity index (χ3n) is 3.81. The van der Waals surface area contributed by atoms with Crippen LogP contribution in [-0.2, 0) is 12.8 Å². The number of aryl methyl sites for hydroxylation is 2. The predicted octanol–water partition coefficient (Wildman–Crippen LogP) is 6.15. The first-order chi connectivity index (χ1) is 12.6. The van der Waals surface area contributed by atoms with Crippen LogP contribution in [0.4, 0.5) is 8.78 Å². The zero-order chi connectivity index (χ0) is 18.8. The third-order valence-corrected chi connectivity index (χ3v) is 3.81. The average Bonchev–Trinajstić information content (AvgIpc) is 2.67. The van der Waals surface area contributed by atoms with Crippen LogP contribution in [0.5, 0.6) is 0 Å². The molecule has 0 aliphatic heterocycles. The summed E-state index contributed by atoms with van der Waals surface area (Å²) in [4.78, 5) is 0. The molecule has 0 radical (unpaired) electrons. The van der Waals surface area contributed by atoms with E-state index in [-0.39, 0.29) is 0 Å². The van der Waals surface area contributed by atoms with Gasteiger partial charge in [0.15, 0.2) is 0 Å². The molecule has 0 atom stereocenters. The second-order valence-electron chi connectivity index (χ2n) is 6.02. The molecular formula is C24H22F2. The van der Waals surface area contributed by atoms with Crippen molar-refractivity contribution < 1.29 is 8.78 Å². The minimum absolute atomic E-state index is 0.646. The lowest BCUT2D eigenvalue weighted by Crippen LogP contribution is -1.83. The molecule has 0 nitrogen and oxygen atoms in total. The Hall–Kier alpha value is -2.84. The highest BCUT2D eigenvalue weighted by atomic mass is 19.2. The second kappa shape index (κ2) is 10.2. The fourth-order valence-corrected chi connectivity index (χ4v) is 2.45. The standard InChI is InChI=1S/C24H22F2/c1-3-5-19-7-11-21(12-8-19)15-17-23(25)24(26)18-16-22-13-9-20(6-4-2)10-14-22/h7-14H,3-6H2,1-2H3. The van der Waals surface area contributed by atoms with Crippen molar-refractivity contribution in [3.05, 3.63) is 82.4 Å². The summed E-state index contributed by atoms with van der Waals surface area (Å²) in [7, 11) is 0. The molecule has 0 spiro atoms. The van der Waals surface area contributed by atoms with Crippen LogP contribution in [0.2, 0.25) is 0 Å². The summed E-state index contributed by atoms with van der Waals surface area (Å²) in [6.45, 7) is 4.22. The largest absolute Gasteiger partial charge is 0.217 e. The summed E-state index contributed by atoms with van der Waals surface area (Å²) in [5.41, 5.74) is 3.70. The Labute approximate surface area is 155 Å². The van der Waals surface area contributed by atoms with E-state index in [1.165, 1.54) is 11.1 Å². The Kier molecular flexibility index (Phi) is 7.66. The van der Waals surface area contributed by atoms with Crippen LogP contribution in [0.15, 0.2) is 60.2 Å². The van der Waals surface area contributed by atoms with Gasteiger partial charge in [0.2, 0.25) is 11.7 Å². The molecule has 0 aliphatic rings. The lowest BCUT2D eigenvalue weighted by Gasteiger charge is -1.97. The fourth-order valence-electron chi connectivity index (χ4n) is 2.45. The maximum absolute atomic E-state index is 13.8. The van der Waals surface area contributed by atoms with E-state index in [0.29, 0.717) is 11.1 Å². The molecule has 0 saturated carbocycles. The van der Waals surface area contributed by atoms with Gasteiger partial charge < -0.3 is 0 Å². The van der Waals surface area contributed by atoms with Crippen molar-refractivity contribution in [1.29, 1.82) is 0 Å². The van der Waals surface area contributed by atoms with Crippen LogP contribution in [-0.4, -0.2) is 0 Å². The summed E-state index contributed by atoms with van der Waals surface area (Å²) in [5.74, 6) is 7.36. The van der Waals surface area contributed by atoms with Gasteiger partial charge in [-0.05, 0) is 60.1 Å².